The van der Waals surface area contributed by atoms with Crippen LogP contribution in [0.5, 0.6) is 0 Å². The fraction of sp³-hybridized carbons (Fsp3) is 0.952. The fourth-order valence-corrected chi connectivity index (χ4v) is 7.93. The van der Waals surface area contributed by atoms with E-state index in [9.17, 15) is 9.90 Å². The quantitative estimate of drug-likeness (QED) is 0.730. The molecule has 140 valence electrons. The molecule has 5 fully saturated rings. The first-order chi connectivity index (χ1) is 11.9. The van der Waals surface area contributed by atoms with Crippen LogP contribution in [0.3, 0.4) is 0 Å². The number of aliphatic hydroxyl groups is 1. The van der Waals surface area contributed by atoms with Gasteiger partial charge < -0.3 is 14.6 Å². The lowest BCUT2D eigenvalue weighted by Gasteiger charge is -2.60. The predicted octanol–water partition coefficient (Wildman–Crippen LogP) is 3.31. The van der Waals surface area contributed by atoms with E-state index in [0.29, 0.717) is 43.2 Å². The highest BCUT2D eigenvalue weighted by Gasteiger charge is 2.69. The smallest absolute Gasteiger partial charge is 0.174 e. The molecule has 25 heavy (non-hydrogen) atoms. The molecule has 0 amide bonds. The van der Waals surface area contributed by atoms with E-state index in [-0.39, 0.29) is 22.9 Å². The van der Waals surface area contributed by atoms with Crippen molar-refractivity contribution in [3.05, 3.63) is 0 Å². The molecular weight excluding hydrogens is 316 g/mol. The number of aliphatic hydroxyl groups excluding tert-OH is 1. The maximum absolute atomic E-state index is 13.5. The Morgan fingerprint density at radius 1 is 1.04 bits per heavy atom. The van der Waals surface area contributed by atoms with E-state index in [0.717, 1.165) is 38.5 Å². The van der Waals surface area contributed by atoms with Gasteiger partial charge in [-0.15, -0.1) is 0 Å². The first-order valence-corrected chi connectivity index (χ1v) is 10.4. The Kier molecular flexibility index (Phi) is 3.54. The van der Waals surface area contributed by atoms with Crippen LogP contribution in [0.25, 0.3) is 0 Å². The third kappa shape index (κ3) is 2.02. The van der Waals surface area contributed by atoms with Crippen LogP contribution in [0.15, 0.2) is 0 Å². The molecule has 4 nitrogen and oxygen atoms in total. The first kappa shape index (κ1) is 16.7. The lowest BCUT2D eigenvalue weighted by Crippen LogP contribution is -2.60. The average molecular weight is 348 g/mol. The molecule has 1 heterocycles. The van der Waals surface area contributed by atoms with Gasteiger partial charge in [0, 0.05) is 24.2 Å². The summed E-state index contributed by atoms with van der Waals surface area (Å²) in [6, 6.07) is 0. The van der Waals surface area contributed by atoms with E-state index in [2.05, 4.69) is 13.8 Å². The van der Waals surface area contributed by atoms with Gasteiger partial charge >= 0.3 is 0 Å². The molecule has 7 atom stereocenters. The summed E-state index contributed by atoms with van der Waals surface area (Å²) < 4.78 is 12.3. The van der Waals surface area contributed by atoms with Gasteiger partial charge in [0.2, 0.25) is 0 Å². The Hall–Kier alpha value is -0.450. The number of ketones is 1. The van der Waals surface area contributed by atoms with Gasteiger partial charge in [0.1, 0.15) is 5.78 Å². The monoisotopic (exact) mass is 348 g/mol. The molecule has 0 radical (unpaired) electrons. The maximum atomic E-state index is 13.5. The van der Waals surface area contributed by atoms with E-state index in [1.807, 2.05) is 0 Å². The summed E-state index contributed by atoms with van der Waals surface area (Å²) in [5.41, 5.74) is -0.0627. The Labute approximate surface area is 150 Å². The zero-order chi connectivity index (χ0) is 17.4. The van der Waals surface area contributed by atoms with E-state index < -0.39 is 5.79 Å². The maximum Gasteiger partial charge on any atom is 0.174 e. The number of rotatable bonds is 0. The van der Waals surface area contributed by atoms with Gasteiger partial charge in [0.15, 0.2) is 5.79 Å². The summed E-state index contributed by atoms with van der Waals surface area (Å²) >= 11 is 0. The van der Waals surface area contributed by atoms with Crippen LogP contribution < -0.4 is 0 Å². The van der Waals surface area contributed by atoms with Crippen LogP contribution in [0.4, 0.5) is 0 Å². The van der Waals surface area contributed by atoms with Crippen LogP contribution in [0.2, 0.25) is 0 Å². The number of Topliss-reactive ketones (excluding diaryl/α,β-unsaturated/α-hetero) is 1. The van der Waals surface area contributed by atoms with Crippen molar-refractivity contribution in [1.29, 1.82) is 0 Å². The summed E-state index contributed by atoms with van der Waals surface area (Å²) in [6.07, 6.45) is 7.61. The van der Waals surface area contributed by atoms with Gasteiger partial charge in [-0.2, -0.15) is 0 Å². The molecule has 0 aromatic rings. The third-order valence-corrected chi connectivity index (χ3v) is 9.12. The molecular formula is C21H32O4. The second kappa shape index (κ2) is 5.30. The Bertz CT molecular complexity index is 582. The highest BCUT2D eigenvalue weighted by atomic mass is 16.7. The molecule has 1 aliphatic heterocycles. The standard InChI is InChI=1S/C21H32O4/c1-19-7-5-14(22)11-13(19)3-4-15-16-6-8-21(24-9-10-25-21)20(16,2)12-17(23)18(15)19/h13-16,18,22H,3-12H2,1-2H3/t13-,14+,15-,16-,18+,19-,20-/m0/s1. The average Bonchev–Trinajstić information content (AvgIpc) is 3.15. The van der Waals surface area contributed by atoms with E-state index in [4.69, 9.17) is 9.47 Å². The van der Waals surface area contributed by atoms with E-state index in [1.54, 1.807) is 0 Å². The molecule has 0 unspecified atom stereocenters. The van der Waals surface area contributed by atoms with E-state index >= 15 is 0 Å². The SMILES string of the molecule is C[C@]12CC[C@@H](O)C[C@@H]1CC[C@@H]1[C@@H]2C(=O)C[C@@]2(C)[C@H]1CCC21OCCO1. The van der Waals surface area contributed by atoms with Gasteiger partial charge in [-0.1, -0.05) is 13.8 Å². The second-order valence-corrected chi connectivity index (χ2v) is 10.0. The Balaban J connectivity index is 1.51. The van der Waals surface area contributed by atoms with Crippen molar-refractivity contribution >= 4 is 5.78 Å². The largest absolute Gasteiger partial charge is 0.393 e. The van der Waals surface area contributed by atoms with Crippen molar-refractivity contribution in [2.45, 2.75) is 77.1 Å². The summed E-state index contributed by atoms with van der Waals surface area (Å²) in [5.74, 6) is 1.67. The number of ether oxygens (including phenoxy) is 2. The zero-order valence-electron chi connectivity index (χ0n) is 15.6. The fourth-order valence-electron chi connectivity index (χ4n) is 7.93. The van der Waals surface area contributed by atoms with Gasteiger partial charge in [-0.3, -0.25) is 4.79 Å². The number of carbonyl (C=O) groups is 1. The lowest BCUT2D eigenvalue weighted by atomic mass is 9.44. The van der Waals surface area contributed by atoms with Crippen LogP contribution >= 0.6 is 0 Å². The normalized spacial score (nSPS) is 54.2. The van der Waals surface area contributed by atoms with Crippen molar-refractivity contribution in [3.63, 3.8) is 0 Å². The van der Waals surface area contributed by atoms with Crippen molar-refractivity contribution in [2.75, 3.05) is 13.2 Å². The second-order valence-electron chi connectivity index (χ2n) is 10.0. The highest BCUT2D eigenvalue weighted by Crippen LogP contribution is 2.68. The predicted molar refractivity (Wildman–Crippen MR) is 92.8 cm³/mol. The summed E-state index contributed by atoms with van der Waals surface area (Å²) in [6.45, 7) is 5.96. The molecule has 1 spiro atoms. The molecule has 4 saturated carbocycles. The van der Waals surface area contributed by atoms with Crippen LogP contribution in [-0.2, 0) is 14.3 Å². The number of carbonyl (C=O) groups excluding carboxylic acids is 1. The molecule has 0 aromatic carbocycles. The molecule has 0 bridgehead atoms. The van der Waals surface area contributed by atoms with Crippen molar-refractivity contribution < 1.29 is 19.4 Å². The molecule has 4 heteroatoms. The third-order valence-electron chi connectivity index (χ3n) is 9.12. The summed E-state index contributed by atoms with van der Waals surface area (Å²) in [4.78, 5) is 13.5. The van der Waals surface area contributed by atoms with Gasteiger partial charge in [0.25, 0.3) is 0 Å². The van der Waals surface area contributed by atoms with Gasteiger partial charge in [0.05, 0.1) is 19.3 Å². The summed E-state index contributed by atoms with van der Waals surface area (Å²) in [7, 11) is 0. The number of hydrogen-bond donors (Lipinski definition) is 1. The molecule has 0 aromatic heterocycles. The first-order valence-electron chi connectivity index (χ1n) is 10.4. The molecule has 5 rings (SSSR count). The molecule has 5 aliphatic rings. The molecule has 4 aliphatic carbocycles. The van der Waals surface area contributed by atoms with Gasteiger partial charge in [-0.25, -0.2) is 0 Å². The van der Waals surface area contributed by atoms with Crippen LogP contribution in [0.1, 0.15) is 65.2 Å². The minimum Gasteiger partial charge on any atom is -0.393 e. The van der Waals surface area contributed by atoms with Crippen LogP contribution in [0, 0.1) is 34.5 Å². The number of fused-ring (bicyclic) bond motifs is 6. The lowest BCUT2D eigenvalue weighted by molar-refractivity contribution is -0.242. The Morgan fingerprint density at radius 3 is 2.56 bits per heavy atom. The zero-order valence-corrected chi connectivity index (χ0v) is 15.6. The van der Waals surface area contributed by atoms with Crippen molar-refractivity contribution in [2.24, 2.45) is 34.5 Å². The van der Waals surface area contributed by atoms with Gasteiger partial charge in [-0.05, 0) is 61.7 Å². The minimum absolute atomic E-state index is 0.0910. The topological polar surface area (TPSA) is 55.8 Å². The number of hydrogen-bond acceptors (Lipinski definition) is 4. The molecule has 1 N–H and O–H groups in total. The molecule has 1 saturated heterocycles. The minimum atomic E-state index is -0.501. The van der Waals surface area contributed by atoms with Crippen molar-refractivity contribution in [1.82, 2.24) is 0 Å². The van der Waals surface area contributed by atoms with E-state index in [1.165, 1.54) is 6.42 Å². The Morgan fingerprint density at radius 2 is 1.80 bits per heavy atom. The van der Waals surface area contributed by atoms with Crippen LogP contribution in [-0.4, -0.2) is 36.0 Å². The highest BCUT2D eigenvalue weighted by molar-refractivity contribution is 5.84. The van der Waals surface area contributed by atoms with Crippen molar-refractivity contribution in [3.8, 4) is 0 Å². The summed E-state index contributed by atoms with van der Waals surface area (Å²) in [5, 5.41) is 10.1.